The van der Waals surface area contributed by atoms with Crippen molar-refractivity contribution in [1.29, 1.82) is 0 Å². The van der Waals surface area contributed by atoms with Gasteiger partial charge in [0.1, 0.15) is 0 Å². The number of likely N-dealkylation sites (tertiary alicyclic amines) is 1. The van der Waals surface area contributed by atoms with E-state index in [1.807, 2.05) is 30.3 Å². The summed E-state index contributed by atoms with van der Waals surface area (Å²) in [5, 5.41) is 2.98. The maximum Gasteiger partial charge on any atom is 0.254 e. The second kappa shape index (κ2) is 9.23. The molecule has 152 valence electrons. The molecule has 4 rings (SSSR count). The quantitative estimate of drug-likeness (QED) is 0.824. The third-order valence-corrected chi connectivity index (χ3v) is 5.91. The highest BCUT2D eigenvalue weighted by Crippen LogP contribution is 2.26. The molecule has 2 aromatic carbocycles. The zero-order chi connectivity index (χ0) is 20.1. The summed E-state index contributed by atoms with van der Waals surface area (Å²) in [6.07, 6.45) is 4.60. The largest absolute Gasteiger partial charge is 0.353 e. The number of piperidine rings is 1. The summed E-state index contributed by atoms with van der Waals surface area (Å²) in [4.78, 5) is 29.3. The topological polar surface area (TPSA) is 52.7 Å². The number of carbonyl (C=O) groups is 2. The summed E-state index contributed by atoms with van der Waals surface area (Å²) in [5.41, 5.74) is 4.06. The first-order valence-electron chi connectivity index (χ1n) is 10.7. The number of fused-ring (bicyclic) bond motifs is 1. The van der Waals surface area contributed by atoms with Crippen LogP contribution in [0, 0.1) is 0 Å². The van der Waals surface area contributed by atoms with Gasteiger partial charge >= 0.3 is 0 Å². The fourth-order valence-electron chi connectivity index (χ4n) is 4.26. The maximum atomic E-state index is 12.9. The summed E-state index contributed by atoms with van der Waals surface area (Å²) < 4.78 is 0. The molecular weight excluding hydrogens is 362 g/mol. The molecule has 0 saturated carbocycles. The monoisotopic (exact) mass is 391 g/mol. The highest BCUT2D eigenvalue weighted by atomic mass is 16.2. The Morgan fingerprint density at radius 1 is 0.931 bits per heavy atom. The Morgan fingerprint density at radius 2 is 1.72 bits per heavy atom. The molecule has 0 atom stereocenters. The fraction of sp³-hybridized carbons (Fsp3) is 0.417. The van der Waals surface area contributed by atoms with Crippen LogP contribution in [-0.4, -0.2) is 60.9 Å². The van der Waals surface area contributed by atoms with Gasteiger partial charge in [0.2, 0.25) is 5.91 Å². The van der Waals surface area contributed by atoms with E-state index < -0.39 is 0 Å². The summed E-state index contributed by atoms with van der Waals surface area (Å²) in [5.74, 6) is -0.114. The second-order valence-corrected chi connectivity index (χ2v) is 7.97. The average Bonchev–Trinajstić information content (AvgIpc) is 2.77. The molecule has 1 N–H and O–H groups in total. The molecule has 0 bridgehead atoms. The lowest BCUT2D eigenvalue weighted by molar-refractivity contribution is -0.121. The Labute approximate surface area is 172 Å². The average molecular weight is 392 g/mol. The van der Waals surface area contributed by atoms with Crippen molar-refractivity contribution in [1.82, 2.24) is 15.1 Å². The van der Waals surface area contributed by atoms with Crippen molar-refractivity contribution >= 4 is 11.8 Å². The number of nitrogens with zero attached hydrogens (tertiary/aromatic N) is 2. The normalized spacial score (nSPS) is 17.1. The molecule has 2 amide bonds. The van der Waals surface area contributed by atoms with Crippen LogP contribution < -0.4 is 5.32 Å². The molecule has 2 heterocycles. The standard InChI is InChI=1S/C24H29N3O2/c28-23(25-12-16-26-13-5-2-6-14-26)18-27-15-11-21-17-20(9-10-22(21)24(27)29)19-7-3-1-4-8-19/h1,3-4,7-10,17H,2,5-6,11-16,18H2,(H,25,28). The van der Waals surface area contributed by atoms with Crippen molar-refractivity contribution in [3.8, 4) is 11.1 Å². The minimum Gasteiger partial charge on any atom is -0.353 e. The van der Waals surface area contributed by atoms with Crippen LogP contribution in [-0.2, 0) is 11.2 Å². The minimum absolute atomic E-state index is 0.0444. The van der Waals surface area contributed by atoms with Gasteiger partial charge in [0.25, 0.3) is 5.91 Å². The lowest BCUT2D eigenvalue weighted by Gasteiger charge is -2.29. The van der Waals surface area contributed by atoms with Crippen molar-refractivity contribution in [3.63, 3.8) is 0 Å². The molecule has 0 unspecified atom stereocenters. The van der Waals surface area contributed by atoms with Crippen molar-refractivity contribution < 1.29 is 9.59 Å². The first kappa shape index (κ1) is 19.6. The van der Waals surface area contributed by atoms with Gasteiger partial charge in [-0.25, -0.2) is 0 Å². The Balaban J connectivity index is 1.32. The second-order valence-electron chi connectivity index (χ2n) is 7.97. The van der Waals surface area contributed by atoms with Gasteiger partial charge < -0.3 is 15.1 Å². The van der Waals surface area contributed by atoms with E-state index in [-0.39, 0.29) is 18.4 Å². The van der Waals surface area contributed by atoms with Crippen molar-refractivity contribution in [2.24, 2.45) is 0 Å². The molecule has 0 aliphatic carbocycles. The molecule has 0 aromatic heterocycles. The summed E-state index contributed by atoms with van der Waals surface area (Å²) in [7, 11) is 0. The van der Waals surface area contributed by atoms with E-state index in [0.717, 1.165) is 48.3 Å². The van der Waals surface area contributed by atoms with Crippen molar-refractivity contribution in [2.45, 2.75) is 25.7 Å². The summed E-state index contributed by atoms with van der Waals surface area (Å²) >= 11 is 0. The highest BCUT2D eigenvalue weighted by molar-refractivity contribution is 5.99. The molecule has 29 heavy (non-hydrogen) atoms. The zero-order valence-corrected chi connectivity index (χ0v) is 16.9. The molecule has 2 aliphatic heterocycles. The van der Waals surface area contributed by atoms with Gasteiger partial charge in [0.15, 0.2) is 0 Å². The fourth-order valence-corrected chi connectivity index (χ4v) is 4.26. The van der Waals surface area contributed by atoms with E-state index in [4.69, 9.17) is 0 Å². The van der Waals surface area contributed by atoms with Gasteiger partial charge in [-0.2, -0.15) is 0 Å². The number of benzene rings is 2. The lowest BCUT2D eigenvalue weighted by atomic mass is 9.94. The van der Waals surface area contributed by atoms with Crippen LogP contribution in [0.3, 0.4) is 0 Å². The molecule has 2 aliphatic rings. The van der Waals surface area contributed by atoms with Crippen LogP contribution in [0.4, 0.5) is 0 Å². The van der Waals surface area contributed by atoms with E-state index in [9.17, 15) is 9.59 Å². The summed E-state index contributed by atoms with van der Waals surface area (Å²) in [6, 6.07) is 16.2. The number of hydrogen-bond acceptors (Lipinski definition) is 3. The van der Waals surface area contributed by atoms with Crippen LogP contribution in [0.25, 0.3) is 11.1 Å². The lowest BCUT2D eigenvalue weighted by Crippen LogP contribution is -2.45. The first-order valence-corrected chi connectivity index (χ1v) is 10.7. The van der Waals surface area contributed by atoms with E-state index in [1.54, 1.807) is 4.90 Å². The number of nitrogens with one attached hydrogen (secondary N) is 1. The number of hydrogen-bond donors (Lipinski definition) is 1. The van der Waals surface area contributed by atoms with E-state index in [1.165, 1.54) is 19.3 Å². The SMILES string of the molecule is O=C(CN1CCc2cc(-c3ccccc3)ccc2C1=O)NCCN1CCCCC1. The van der Waals surface area contributed by atoms with Gasteiger partial charge in [0.05, 0.1) is 6.54 Å². The smallest absolute Gasteiger partial charge is 0.254 e. The predicted molar refractivity (Wildman–Crippen MR) is 115 cm³/mol. The van der Waals surface area contributed by atoms with Crippen LogP contribution >= 0.6 is 0 Å². The van der Waals surface area contributed by atoms with Gasteiger partial charge in [-0.1, -0.05) is 48.9 Å². The Hall–Kier alpha value is -2.66. The minimum atomic E-state index is -0.0697. The van der Waals surface area contributed by atoms with Gasteiger partial charge in [-0.05, 0) is 55.1 Å². The Bertz CT molecular complexity index is 860. The third-order valence-electron chi connectivity index (χ3n) is 5.91. The van der Waals surface area contributed by atoms with E-state index >= 15 is 0 Å². The Morgan fingerprint density at radius 3 is 2.52 bits per heavy atom. The summed E-state index contributed by atoms with van der Waals surface area (Å²) in [6.45, 7) is 4.52. The molecule has 0 radical (unpaired) electrons. The third kappa shape index (κ3) is 4.85. The molecule has 5 heteroatoms. The van der Waals surface area contributed by atoms with Gasteiger partial charge in [-0.3, -0.25) is 9.59 Å². The highest BCUT2D eigenvalue weighted by Gasteiger charge is 2.26. The predicted octanol–water partition coefficient (Wildman–Crippen LogP) is 2.95. The number of rotatable bonds is 6. The van der Waals surface area contributed by atoms with Crippen LogP contribution in [0.2, 0.25) is 0 Å². The molecule has 1 fully saturated rings. The van der Waals surface area contributed by atoms with E-state index in [0.29, 0.717) is 13.1 Å². The van der Waals surface area contributed by atoms with Gasteiger partial charge in [0, 0.05) is 25.2 Å². The molecule has 2 aromatic rings. The van der Waals surface area contributed by atoms with Gasteiger partial charge in [-0.15, -0.1) is 0 Å². The molecular formula is C24H29N3O2. The zero-order valence-electron chi connectivity index (χ0n) is 16.9. The maximum absolute atomic E-state index is 12.9. The van der Waals surface area contributed by atoms with Crippen molar-refractivity contribution in [3.05, 3.63) is 59.7 Å². The van der Waals surface area contributed by atoms with E-state index in [2.05, 4.69) is 28.4 Å². The molecule has 1 saturated heterocycles. The van der Waals surface area contributed by atoms with Crippen LogP contribution in [0.15, 0.2) is 48.5 Å². The first-order chi connectivity index (χ1) is 14.2. The van der Waals surface area contributed by atoms with Crippen LogP contribution in [0.5, 0.6) is 0 Å². The van der Waals surface area contributed by atoms with Crippen molar-refractivity contribution in [2.75, 3.05) is 39.3 Å². The Kier molecular flexibility index (Phi) is 6.25. The molecule has 0 spiro atoms. The molecule has 5 nitrogen and oxygen atoms in total. The number of amides is 2. The van der Waals surface area contributed by atoms with Crippen LogP contribution in [0.1, 0.15) is 35.2 Å². The number of carbonyl (C=O) groups excluding carboxylic acids is 2.